The average molecular weight is 226 g/mol. The van der Waals surface area contributed by atoms with Crippen molar-refractivity contribution < 1.29 is 9.90 Å². The van der Waals surface area contributed by atoms with Crippen molar-refractivity contribution in [2.45, 2.75) is 19.4 Å². The first-order chi connectivity index (χ1) is 7.18. The molecule has 1 N–H and O–H groups in total. The Kier molecular flexibility index (Phi) is 3.02. The smallest absolute Gasteiger partial charge is 0.265 e. The van der Waals surface area contributed by atoms with E-state index in [1.807, 2.05) is 0 Å². The fourth-order valence-electron chi connectivity index (χ4n) is 1.84. The minimum atomic E-state index is -0.329. The third kappa shape index (κ3) is 2.18. The monoisotopic (exact) mass is 226 g/mol. The first-order valence-corrected chi connectivity index (χ1v) is 5.92. The number of hydrogen-bond donors (Lipinski definition) is 1. The highest BCUT2D eigenvalue weighted by atomic mass is 32.1. The van der Waals surface area contributed by atoms with Crippen molar-refractivity contribution in [2.24, 2.45) is 5.92 Å². The van der Waals surface area contributed by atoms with Crippen LogP contribution in [0.4, 0.5) is 0 Å². The molecular formula is C10H14N2O2S. The molecule has 1 aliphatic rings. The van der Waals surface area contributed by atoms with E-state index in [4.69, 9.17) is 0 Å². The van der Waals surface area contributed by atoms with Crippen molar-refractivity contribution in [3.8, 4) is 0 Å². The van der Waals surface area contributed by atoms with Gasteiger partial charge < -0.3 is 10.0 Å². The van der Waals surface area contributed by atoms with Gasteiger partial charge in [0.1, 0.15) is 4.88 Å². The second-order valence-electron chi connectivity index (χ2n) is 3.91. The molecule has 0 radical (unpaired) electrons. The van der Waals surface area contributed by atoms with Gasteiger partial charge in [-0.15, -0.1) is 11.3 Å². The van der Waals surface area contributed by atoms with E-state index < -0.39 is 0 Å². The van der Waals surface area contributed by atoms with Crippen LogP contribution in [0.25, 0.3) is 0 Å². The molecule has 1 saturated heterocycles. The van der Waals surface area contributed by atoms with E-state index in [-0.39, 0.29) is 17.9 Å². The Morgan fingerprint density at radius 3 is 3.13 bits per heavy atom. The number of nitrogens with zero attached hydrogens (tertiary/aromatic N) is 2. The third-order valence-electron chi connectivity index (χ3n) is 2.84. The number of aliphatic hydroxyl groups is 1. The molecule has 2 atom stereocenters. The zero-order valence-corrected chi connectivity index (χ0v) is 9.41. The van der Waals surface area contributed by atoms with Crippen LogP contribution in [0.1, 0.15) is 23.0 Å². The molecule has 2 heterocycles. The first kappa shape index (κ1) is 10.6. The lowest BCUT2D eigenvalue weighted by atomic mass is 10.0. The zero-order valence-electron chi connectivity index (χ0n) is 8.59. The highest BCUT2D eigenvalue weighted by Gasteiger charge is 2.29. The molecule has 4 nitrogen and oxygen atoms in total. The lowest BCUT2D eigenvalue weighted by Gasteiger charge is -2.16. The van der Waals surface area contributed by atoms with E-state index in [0.717, 1.165) is 13.0 Å². The molecule has 15 heavy (non-hydrogen) atoms. The fourth-order valence-corrected chi connectivity index (χ4v) is 2.43. The third-order valence-corrected chi connectivity index (χ3v) is 3.60. The van der Waals surface area contributed by atoms with Gasteiger partial charge in [-0.3, -0.25) is 9.78 Å². The van der Waals surface area contributed by atoms with Crippen LogP contribution in [0, 0.1) is 5.92 Å². The maximum Gasteiger partial charge on any atom is 0.265 e. The molecule has 0 aromatic carbocycles. The van der Waals surface area contributed by atoms with Gasteiger partial charge in [0.2, 0.25) is 0 Å². The Hall–Kier alpha value is -0.940. The quantitative estimate of drug-likeness (QED) is 0.818. The lowest BCUT2D eigenvalue weighted by molar-refractivity contribution is 0.0767. The van der Waals surface area contributed by atoms with Gasteiger partial charge in [-0.25, -0.2) is 0 Å². The highest BCUT2D eigenvalue weighted by Crippen LogP contribution is 2.22. The molecule has 82 valence electrons. The summed E-state index contributed by atoms with van der Waals surface area (Å²) in [5, 5.41) is 9.43. The summed E-state index contributed by atoms with van der Waals surface area (Å²) in [5.74, 6) is 0.266. The largest absolute Gasteiger partial charge is 0.393 e. The van der Waals surface area contributed by atoms with Crippen LogP contribution in [0.5, 0.6) is 0 Å². The summed E-state index contributed by atoms with van der Waals surface area (Å²) >= 11 is 1.36. The Labute approximate surface area is 92.6 Å². The second-order valence-corrected chi connectivity index (χ2v) is 4.79. The summed E-state index contributed by atoms with van der Waals surface area (Å²) in [4.78, 5) is 18.3. The summed E-state index contributed by atoms with van der Waals surface area (Å²) in [6.45, 7) is 3.19. The zero-order chi connectivity index (χ0) is 10.8. The van der Waals surface area contributed by atoms with Gasteiger partial charge in [0.25, 0.3) is 5.91 Å². The Morgan fingerprint density at radius 1 is 1.80 bits per heavy atom. The summed E-state index contributed by atoms with van der Waals surface area (Å²) in [7, 11) is 0. The molecule has 0 aliphatic carbocycles. The average Bonchev–Trinajstić information content (AvgIpc) is 2.88. The van der Waals surface area contributed by atoms with Gasteiger partial charge in [-0.1, -0.05) is 0 Å². The SMILES string of the molecule is CC(O)C1CCN(C(=O)c2cncs2)C1. The lowest BCUT2D eigenvalue weighted by Crippen LogP contribution is -2.29. The number of amides is 1. The van der Waals surface area contributed by atoms with Crippen molar-refractivity contribution in [3.05, 3.63) is 16.6 Å². The van der Waals surface area contributed by atoms with E-state index in [0.29, 0.717) is 11.4 Å². The van der Waals surface area contributed by atoms with Crippen molar-refractivity contribution in [1.82, 2.24) is 9.88 Å². The second kappa shape index (κ2) is 4.28. The molecule has 2 unspecified atom stereocenters. The number of carbonyl (C=O) groups is 1. The van der Waals surface area contributed by atoms with Gasteiger partial charge >= 0.3 is 0 Å². The fraction of sp³-hybridized carbons (Fsp3) is 0.600. The standard InChI is InChI=1S/C10H14N2O2S/c1-7(13)8-2-3-12(5-8)10(14)9-4-11-6-15-9/h4,6-8,13H,2-3,5H2,1H3. The van der Waals surface area contributed by atoms with Crippen LogP contribution in [-0.4, -0.2) is 40.1 Å². The minimum absolute atomic E-state index is 0.0423. The summed E-state index contributed by atoms with van der Waals surface area (Å²) in [6, 6.07) is 0. The van der Waals surface area contributed by atoms with Crippen LogP contribution in [-0.2, 0) is 0 Å². The predicted molar refractivity (Wildman–Crippen MR) is 57.8 cm³/mol. The van der Waals surface area contributed by atoms with E-state index in [9.17, 15) is 9.90 Å². The first-order valence-electron chi connectivity index (χ1n) is 5.04. The van der Waals surface area contributed by atoms with Crippen LogP contribution in [0.2, 0.25) is 0 Å². The van der Waals surface area contributed by atoms with Gasteiger partial charge in [0.05, 0.1) is 17.8 Å². The van der Waals surface area contributed by atoms with Crippen LogP contribution >= 0.6 is 11.3 Å². The molecule has 2 rings (SSSR count). The van der Waals surface area contributed by atoms with Crippen molar-refractivity contribution in [2.75, 3.05) is 13.1 Å². The molecule has 1 aliphatic heterocycles. The minimum Gasteiger partial charge on any atom is -0.393 e. The van der Waals surface area contributed by atoms with E-state index in [2.05, 4.69) is 4.98 Å². The molecule has 5 heteroatoms. The number of rotatable bonds is 2. The molecule has 1 fully saturated rings. The molecular weight excluding hydrogens is 212 g/mol. The number of hydrogen-bond acceptors (Lipinski definition) is 4. The number of thiazole rings is 1. The normalized spacial score (nSPS) is 23.1. The van der Waals surface area contributed by atoms with Crippen molar-refractivity contribution in [1.29, 1.82) is 0 Å². The molecule has 0 spiro atoms. The molecule has 1 aromatic rings. The Bertz CT molecular complexity index is 337. The predicted octanol–water partition coefficient (Wildman–Crippen LogP) is 0.986. The number of carbonyl (C=O) groups excluding carboxylic acids is 1. The number of aliphatic hydroxyl groups excluding tert-OH is 1. The van der Waals surface area contributed by atoms with Crippen LogP contribution < -0.4 is 0 Å². The molecule has 1 amide bonds. The van der Waals surface area contributed by atoms with Gasteiger partial charge in [-0.2, -0.15) is 0 Å². The van der Waals surface area contributed by atoms with Crippen LogP contribution in [0.15, 0.2) is 11.7 Å². The van der Waals surface area contributed by atoms with E-state index in [1.165, 1.54) is 11.3 Å². The maximum atomic E-state index is 11.9. The molecule has 0 bridgehead atoms. The van der Waals surface area contributed by atoms with Crippen molar-refractivity contribution in [3.63, 3.8) is 0 Å². The molecule has 1 aromatic heterocycles. The number of aromatic nitrogens is 1. The Morgan fingerprint density at radius 2 is 2.60 bits per heavy atom. The van der Waals surface area contributed by atoms with Gasteiger partial charge in [0, 0.05) is 19.0 Å². The van der Waals surface area contributed by atoms with E-state index >= 15 is 0 Å². The topological polar surface area (TPSA) is 53.4 Å². The summed E-state index contributed by atoms with van der Waals surface area (Å²) < 4.78 is 0. The maximum absolute atomic E-state index is 11.9. The van der Waals surface area contributed by atoms with E-state index in [1.54, 1.807) is 23.5 Å². The number of likely N-dealkylation sites (tertiary alicyclic amines) is 1. The highest BCUT2D eigenvalue weighted by molar-refractivity contribution is 7.11. The van der Waals surface area contributed by atoms with Crippen LogP contribution in [0.3, 0.4) is 0 Å². The summed E-state index contributed by atoms with van der Waals surface area (Å²) in [5.41, 5.74) is 1.66. The van der Waals surface area contributed by atoms with Crippen molar-refractivity contribution >= 4 is 17.2 Å². The summed E-state index contributed by atoms with van der Waals surface area (Å²) in [6.07, 6.45) is 2.16. The molecule has 0 saturated carbocycles. The van der Waals surface area contributed by atoms with Gasteiger partial charge in [0.15, 0.2) is 0 Å². The Balaban J connectivity index is 1.99. The van der Waals surface area contributed by atoms with Gasteiger partial charge in [-0.05, 0) is 13.3 Å².